The molecule has 2 aliphatic carbocycles. The average Bonchev–Trinajstić information content (AvgIpc) is 4.10. The van der Waals surface area contributed by atoms with Gasteiger partial charge < -0.3 is 35.0 Å². The van der Waals surface area contributed by atoms with E-state index >= 15 is 0 Å². The van der Waals surface area contributed by atoms with Gasteiger partial charge in [0.05, 0.1) is 49.0 Å². The van der Waals surface area contributed by atoms with Crippen molar-refractivity contribution < 1.29 is 23.9 Å². The van der Waals surface area contributed by atoms with E-state index in [2.05, 4.69) is 74.1 Å². The zero-order valence-electron chi connectivity index (χ0n) is 32.8. The highest BCUT2D eigenvalue weighted by molar-refractivity contribution is 5.86. The number of aromatic nitrogens is 5. The largest absolute Gasteiger partial charge is 0.453 e. The van der Waals surface area contributed by atoms with Gasteiger partial charge in [0.25, 0.3) is 0 Å². The number of rotatable bonds is 12. The summed E-state index contributed by atoms with van der Waals surface area (Å²) in [6.07, 6.45) is 10.3. The lowest BCUT2D eigenvalue weighted by Gasteiger charge is -2.29. The number of amides is 3. The third kappa shape index (κ3) is 7.80. The molecular weight excluding hydrogens is 721 g/mol. The number of aromatic amines is 2. The van der Waals surface area contributed by atoms with Gasteiger partial charge >= 0.3 is 6.09 Å². The van der Waals surface area contributed by atoms with Crippen LogP contribution in [0.25, 0.3) is 33.6 Å². The highest BCUT2D eigenvalue weighted by Gasteiger charge is 2.52. The number of ether oxygens (including phenoxy) is 2. The maximum atomic E-state index is 13.7. The van der Waals surface area contributed by atoms with Crippen LogP contribution in [0.3, 0.4) is 0 Å². The van der Waals surface area contributed by atoms with Crippen molar-refractivity contribution in [3.8, 4) is 33.6 Å². The number of imidazole rings is 2. The van der Waals surface area contributed by atoms with Gasteiger partial charge in [-0.1, -0.05) is 68.4 Å². The van der Waals surface area contributed by atoms with Crippen LogP contribution in [0.4, 0.5) is 4.79 Å². The summed E-state index contributed by atoms with van der Waals surface area (Å²) in [5.74, 6) is 2.19. The molecule has 3 aromatic heterocycles. The lowest BCUT2D eigenvalue weighted by molar-refractivity contribution is -0.136. The average molecular weight is 771 g/mol. The van der Waals surface area contributed by atoms with Gasteiger partial charge in [0.2, 0.25) is 11.8 Å². The maximum Gasteiger partial charge on any atom is 0.407 e. The molecule has 8 rings (SSSR count). The highest BCUT2D eigenvalue weighted by Crippen LogP contribution is 2.56. The third-order valence-electron chi connectivity index (χ3n) is 12.2. The van der Waals surface area contributed by atoms with E-state index in [0.29, 0.717) is 37.2 Å². The van der Waals surface area contributed by atoms with Crippen LogP contribution in [0, 0.1) is 23.7 Å². The Bertz CT molecular complexity index is 2180. The van der Waals surface area contributed by atoms with Crippen LogP contribution < -0.4 is 10.6 Å². The number of nitrogens with one attached hydrogen (secondary N) is 4. The standard InChI is InChI=1S/C44H50N8O5/c1-25(2)39(51-44(55)57-4)43(54)52-24-33(56-3)19-36(52)40-46-22-34(49-40)29-11-7-27(8-12-29)28-9-13-30(14-10-28)35-23-47-41(50-35)37-31-15-16-32(18-31)38(37)42(53)48-21-26-6-5-17-45-20-26/h5-14,17,20,22-23,25,31-33,36-39H,15-16,18-19,21,24H2,1-4H3,(H,46,49)(H,47,50)(H,48,53)(H,51,55)/t31?,32?,33-,36-,37+,38+,39-/m0/s1. The predicted octanol–water partition coefficient (Wildman–Crippen LogP) is 6.64. The number of carbonyl (C=O) groups excluding carboxylic acids is 3. The summed E-state index contributed by atoms with van der Waals surface area (Å²) in [6, 6.07) is 19.5. The molecule has 0 spiro atoms. The maximum absolute atomic E-state index is 13.7. The zero-order chi connectivity index (χ0) is 39.6. The van der Waals surface area contributed by atoms with Gasteiger partial charge in [0.1, 0.15) is 17.7 Å². The lowest BCUT2D eigenvalue weighted by atomic mass is 9.78. The number of carbonyl (C=O) groups is 3. The number of methoxy groups -OCH3 is 2. The van der Waals surface area contributed by atoms with E-state index in [0.717, 1.165) is 64.3 Å². The van der Waals surface area contributed by atoms with E-state index in [-0.39, 0.29) is 41.7 Å². The second-order valence-electron chi connectivity index (χ2n) is 15.9. The summed E-state index contributed by atoms with van der Waals surface area (Å²) in [7, 11) is 2.93. The number of fused-ring (bicyclic) bond motifs is 2. The van der Waals surface area contributed by atoms with Gasteiger partial charge in [-0.2, -0.15) is 0 Å². The van der Waals surface area contributed by atoms with E-state index in [1.807, 2.05) is 32.2 Å². The Morgan fingerprint density at radius 2 is 1.46 bits per heavy atom. The smallest absolute Gasteiger partial charge is 0.407 e. The van der Waals surface area contributed by atoms with Crippen LogP contribution in [0.15, 0.2) is 85.5 Å². The van der Waals surface area contributed by atoms with Crippen LogP contribution in [-0.4, -0.2) is 80.6 Å². The molecule has 2 unspecified atom stereocenters. The van der Waals surface area contributed by atoms with Crippen molar-refractivity contribution in [3.05, 3.63) is 103 Å². The highest BCUT2D eigenvalue weighted by atomic mass is 16.5. The van der Waals surface area contributed by atoms with Crippen molar-refractivity contribution >= 4 is 17.9 Å². The molecule has 2 bridgehead atoms. The van der Waals surface area contributed by atoms with E-state index < -0.39 is 12.1 Å². The van der Waals surface area contributed by atoms with Gasteiger partial charge in [-0.15, -0.1) is 0 Å². The first-order chi connectivity index (χ1) is 27.7. The zero-order valence-corrected chi connectivity index (χ0v) is 32.8. The third-order valence-corrected chi connectivity index (χ3v) is 12.2. The van der Waals surface area contributed by atoms with Crippen LogP contribution in [-0.2, 0) is 25.6 Å². The van der Waals surface area contributed by atoms with Gasteiger partial charge in [0, 0.05) is 44.9 Å². The summed E-state index contributed by atoms with van der Waals surface area (Å²) < 4.78 is 10.4. The molecule has 2 saturated carbocycles. The molecule has 57 heavy (non-hydrogen) atoms. The molecule has 0 radical (unpaired) electrons. The van der Waals surface area contributed by atoms with Gasteiger partial charge in [-0.3, -0.25) is 14.6 Å². The molecule has 5 aromatic rings. The normalized spacial score (nSPS) is 23.1. The summed E-state index contributed by atoms with van der Waals surface area (Å²) >= 11 is 0. The predicted molar refractivity (Wildman–Crippen MR) is 214 cm³/mol. The lowest BCUT2D eigenvalue weighted by Crippen LogP contribution is -2.51. The SMILES string of the molecule is COC(=O)N[C@H](C(=O)N1C[C@@H](OC)C[C@H]1c1ncc(-c2ccc(-c3ccc(-c4cnc([C@@H]5C6CCC(C6)[C@H]5C(=O)NCc5cccnc5)[nH]4)cc3)cc2)[nH]1)C(C)C. The van der Waals surface area contributed by atoms with E-state index in [1.165, 1.54) is 7.11 Å². The molecule has 13 heteroatoms. The first-order valence-electron chi connectivity index (χ1n) is 19.9. The number of hydrogen-bond acceptors (Lipinski definition) is 8. The fraction of sp³-hybridized carbons (Fsp3) is 0.409. The van der Waals surface area contributed by atoms with E-state index in [9.17, 15) is 14.4 Å². The first kappa shape index (κ1) is 38.1. The molecule has 3 amide bonds. The summed E-state index contributed by atoms with van der Waals surface area (Å²) in [5.41, 5.74) is 6.94. The fourth-order valence-electron chi connectivity index (χ4n) is 9.21. The van der Waals surface area contributed by atoms with Crippen molar-refractivity contribution in [2.24, 2.45) is 23.7 Å². The Hall–Kier alpha value is -5.82. The summed E-state index contributed by atoms with van der Waals surface area (Å²) in [4.78, 5) is 61.8. The Labute approximate surface area is 332 Å². The Morgan fingerprint density at radius 1 is 0.825 bits per heavy atom. The second kappa shape index (κ2) is 16.3. The molecule has 1 saturated heterocycles. The number of pyridine rings is 1. The van der Waals surface area contributed by atoms with Gasteiger partial charge in [-0.25, -0.2) is 14.8 Å². The quantitative estimate of drug-likeness (QED) is 0.110. The molecule has 2 aromatic carbocycles. The molecule has 1 aliphatic heterocycles. The monoisotopic (exact) mass is 770 g/mol. The van der Waals surface area contributed by atoms with Gasteiger partial charge in [-0.05, 0) is 70.9 Å². The second-order valence-corrected chi connectivity index (χ2v) is 15.9. The fourth-order valence-corrected chi connectivity index (χ4v) is 9.21. The molecular formula is C44H50N8O5. The molecule has 4 N–H and O–H groups in total. The van der Waals surface area contributed by atoms with Crippen LogP contribution >= 0.6 is 0 Å². The van der Waals surface area contributed by atoms with Crippen LogP contribution in [0.5, 0.6) is 0 Å². The molecule has 296 valence electrons. The Kier molecular flexibility index (Phi) is 10.9. The minimum Gasteiger partial charge on any atom is -0.453 e. The molecule has 3 aliphatic rings. The number of alkyl carbamates (subject to hydrolysis) is 1. The minimum atomic E-state index is -0.744. The van der Waals surface area contributed by atoms with Gasteiger partial charge in [0.15, 0.2) is 0 Å². The molecule has 7 atom stereocenters. The topological polar surface area (TPSA) is 167 Å². The molecule has 13 nitrogen and oxygen atoms in total. The number of H-pyrrole nitrogens is 2. The first-order valence-corrected chi connectivity index (χ1v) is 19.9. The Balaban J connectivity index is 0.930. The van der Waals surface area contributed by atoms with Crippen molar-refractivity contribution in [1.29, 1.82) is 0 Å². The van der Waals surface area contributed by atoms with E-state index in [4.69, 9.17) is 19.4 Å². The number of hydrogen-bond donors (Lipinski definition) is 4. The number of nitrogens with zero attached hydrogens (tertiary/aromatic N) is 4. The van der Waals surface area contributed by atoms with Crippen molar-refractivity contribution in [2.45, 2.75) is 70.2 Å². The van der Waals surface area contributed by atoms with Crippen LogP contribution in [0.2, 0.25) is 0 Å². The minimum absolute atomic E-state index is 0.0814. The Morgan fingerprint density at radius 3 is 2.07 bits per heavy atom. The van der Waals surface area contributed by atoms with Crippen LogP contribution in [0.1, 0.15) is 68.7 Å². The number of benzene rings is 2. The van der Waals surface area contributed by atoms with E-state index in [1.54, 1.807) is 30.6 Å². The summed E-state index contributed by atoms with van der Waals surface area (Å²) in [6.45, 7) is 4.65. The number of likely N-dealkylation sites (tertiary alicyclic amines) is 1. The molecule has 4 heterocycles. The van der Waals surface area contributed by atoms with Crippen molar-refractivity contribution in [1.82, 2.24) is 40.5 Å². The van der Waals surface area contributed by atoms with Crippen molar-refractivity contribution in [2.75, 3.05) is 20.8 Å². The van der Waals surface area contributed by atoms with Crippen molar-refractivity contribution in [3.63, 3.8) is 0 Å². The molecule has 3 fully saturated rings. The summed E-state index contributed by atoms with van der Waals surface area (Å²) in [5, 5.41) is 5.87.